The molecule has 20 heavy (non-hydrogen) atoms. The molecule has 1 heterocycles. The van der Waals surface area contributed by atoms with E-state index >= 15 is 0 Å². The lowest BCUT2D eigenvalue weighted by molar-refractivity contribution is 0.404. The molecule has 0 saturated carbocycles. The van der Waals surface area contributed by atoms with Crippen molar-refractivity contribution in [3.63, 3.8) is 0 Å². The van der Waals surface area contributed by atoms with Crippen LogP contribution in [0.2, 0.25) is 0 Å². The Balaban J connectivity index is 0.00000200. The van der Waals surface area contributed by atoms with Crippen LogP contribution in [0.25, 0.3) is 11.3 Å². The molecule has 0 fully saturated rings. The SMILES string of the molecule is CC[N+](CC)=c1ccc2ccc(C(C)(C)C)oc-2c1.[OH-]. The number of fused-ring (bicyclic) bond motifs is 1. The molecule has 0 atom stereocenters. The zero-order valence-corrected chi connectivity index (χ0v) is 13.1. The van der Waals surface area contributed by atoms with Crippen LogP contribution >= 0.6 is 0 Å². The first-order valence-corrected chi connectivity index (χ1v) is 7.08. The van der Waals surface area contributed by atoms with Crippen LogP contribution in [0.3, 0.4) is 0 Å². The molecule has 0 spiro atoms. The van der Waals surface area contributed by atoms with Crippen LogP contribution in [0.5, 0.6) is 0 Å². The zero-order valence-electron chi connectivity index (χ0n) is 13.1. The topological polar surface area (TPSA) is 46.1 Å². The van der Waals surface area contributed by atoms with E-state index in [-0.39, 0.29) is 10.9 Å². The fraction of sp³-hybridized carbons (Fsp3) is 0.471. The summed E-state index contributed by atoms with van der Waals surface area (Å²) >= 11 is 0. The van der Waals surface area contributed by atoms with Crippen molar-refractivity contribution >= 4 is 0 Å². The quantitative estimate of drug-likeness (QED) is 0.789. The number of hydrogen-bond acceptors (Lipinski definition) is 2. The molecule has 0 amide bonds. The Hall–Kier alpha value is -1.61. The highest BCUT2D eigenvalue weighted by molar-refractivity contribution is 5.58. The number of nitrogens with zero attached hydrogens (tertiary/aromatic N) is 1. The van der Waals surface area contributed by atoms with Crippen molar-refractivity contribution in [1.82, 2.24) is 4.58 Å². The Morgan fingerprint density at radius 1 is 1.00 bits per heavy atom. The van der Waals surface area contributed by atoms with Crippen LogP contribution in [0.15, 0.2) is 34.7 Å². The molecule has 0 bridgehead atoms. The molecule has 1 N–H and O–H groups in total. The average Bonchev–Trinajstić information content (AvgIpc) is 2.38. The molecule has 110 valence electrons. The lowest BCUT2D eigenvalue weighted by atomic mass is 9.92. The van der Waals surface area contributed by atoms with E-state index in [1.54, 1.807) is 0 Å². The monoisotopic (exact) mass is 275 g/mol. The van der Waals surface area contributed by atoms with Crippen molar-refractivity contribution in [3.05, 3.63) is 41.4 Å². The molecule has 2 aliphatic rings. The molecule has 0 aromatic heterocycles. The maximum atomic E-state index is 6.08. The normalized spacial score (nSPS) is 11.2. The van der Waals surface area contributed by atoms with Crippen molar-refractivity contribution in [2.45, 2.75) is 40.0 Å². The van der Waals surface area contributed by atoms with E-state index < -0.39 is 0 Å². The third-order valence-electron chi connectivity index (χ3n) is 3.50. The smallest absolute Gasteiger partial charge is 0.203 e. The molecule has 0 aromatic carbocycles. The molecule has 0 unspecified atom stereocenters. The first kappa shape index (κ1) is 16.4. The van der Waals surface area contributed by atoms with E-state index in [1.165, 1.54) is 5.36 Å². The molecular formula is C17H25NO2. The van der Waals surface area contributed by atoms with Gasteiger partial charge in [0.25, 0.3) is 0 Å². The number of hydrogen-bond donors (Lipinski definition) is 0. The van der Waals surface area contributed by atoms with Gasteiger partial charge in [0.15, 0.2) is 0 Å². The standard InChI is InChI=1S/C17H24NO.H2O/c1-6-18(7-2)14-10-8-13-9-11-16(17(3,4)5)19-15(13)12-14;/h8-12H,6-7H2,1-5H3;1H2/q+1;/p-1. The van der Waals surface area contributed by atoms with E-state index in [9.17, 15) is 0 Å². The third-order valence-corrected chi connectivity index (χ3v) is 3.50. The lowest BCUT2D eigenvalue weighted by Gasteiger charge is -2.18. The second-order valence-corrected chi connectivity index (χ2v) is 5.94. The van der Waals surface area contributed by atoms with Gasteiger partial charge in [-0.05, 0) is 32.0 Å². The van der Waals surface area contributed by atoms with Crippen LogP contribution in [-0.2, 0) is 5.41 Å². The predicted octanol–water partition coefficient (Wildman–Crippen LogP) is 3.32. The summed E-state index contributed by atoms with van der Waals surface area (Å²) in [5.41, 5.74) is 1.20. The Kier molecular flexibility index (Phi) is 5.12. The second-order valence-electron chi connectivity index (χ2n) is 5.94. The van der Waals surface area contributed by atoms with Crippen molar-refractivity contribution in [2.24, 2.45) is 0 Å². The molecule has 1 aliphatic carbocycles. The molecule has 2 rings (SSSR count). The highest BCUT2D eigenvalue weighted by Gasteiger charge is 2.18. The molecule has 3 nitrogen and oxygen atoms in total. The summed E-state index contributed by atoms with van der Waals surface area (Å²) in [6.07, 6.45) is 0. The van der Waals surface area contributed by atoms with Gasteiger partial charge in [-0.1, -0.05) is 20.8 Å². The largest absolute Gasteiger partial charge is 0.870 e. The highest BCUT2D eigenvalue weighted by atomic mass is 16.3. The highest BCUT2D eigenvalue weighted by Crippen LogP contribution is 2.28. The second kappa shape index (κ2) is 6.23. The van der Waals surface area contributed by atoms with Crippen molar-refractivity contribution < 1.29 is 9.89 Å². The molecule has 0 aromatic rings. The summed E-state index contributed by atoms with van der Waals surface area (Å²) in [6.45, 7) is 12.9. The summed E-state index contributed by atoms with van der Waals surface area (Å²) in [5, 5.41) is 1.23. The minimum atomic E-state index is 0. The Bertz CT molecular complexity index is 599. The molecule has 0 saturated heterocycles. The third kappa shape index (κ3) is 3.28. The van der Waals surface area contributed by atoms with E-state index in [4.69, 9.17) is 4.42 Å². The molecular weight excluding hydrogens is 250 g/mol. The summed E-state index contributed by atoms with van der Waals surface area (Å²) < 4.78 is 8.41. The lowest BCUT2D eigenvalue weighted by Crippen LogP contribution is -2.29. The van der Waals surface area contributed by atoms with Gasteiger partial charge >= 0.3 is 0 Å². The number of rotatable bonds is 2. The van der Waals surface area contributed by atoms with Gasteiger partial charge in [0.2, 0.25) is 5.36 Å². The number of benzene rings is 1. The van der Waals surface area contributed by atoms with Gasteiger partial charge < -0.3 is 9.89 Å². The summed E-state index contributed by atoms with van der Waals surface area (Å²) in [6, 6.07) is 10.7. The van der Waals surface area contributed by atoms with Gasteiger partial charge in [-0.3, -0.25) is 0 Å². The maximum absolute atomic E-state index is 6.08. The van der Waals surface area contributed by atoms with Crippen molar-refractivity contribution in [3.8, 4) is 11.3 Å². The summed E-state index contributed by atoms with van der Waals surface area (Å²) in [5.74, 6) is 1.99. The van der Waals surface area contributed by atoms with E-state index in [2.05, 4.69) is 69.5 Å². The van der Waals surface area contributed by atoms with Crippen molar-refractivity contribution in [1.29, 1.82) is 0 Å². The van der Waals surface area contributed by atoms with Gasteiger partial charge in [-0.15, -0.1) is 0 Å². The average molecular weight is 275 g/mol. The van der Waals surface area contributed by atoms with Gasteiger partial charge in [-0.25, -0.2) is 4.58 Å². The van der Waals surface area contributed by atoms with Crippen LogP contribution in [0.4, 0.5) is 0 Å². The summed E-state index contributed by atoms with van der Waals surface area (Å²) in [7, 11) is 0. The molecule has 3 heteroatoms. The van der Waals surface area contributed by atoms with E-state index in [0.29, 0.717) is 0 Å². The van der Waals surface area contributed by atoms with Gasteiger partial charge in [0, 0.05) is 17.0 Å². The van der Waals surface area contributed by atoms with Gasteiger partial charge in [-0.2, -0.15) is 0 Å². The van der Waals surface area contributed by atoms with Gasteiger partial charge in [0.05, 0.1) is 6.07 Å². The van der Waals surface area contributed by atoms with Crippen LogP contribution in [0, 0.1) is 0 Å². The Morgan fingerprint density at radius 2 is 1.60 bits per heavy atom. The van der Waals surface area contributed by atoms with Gasteiger partial charge in [0.1, 0.15) is 24.6 Å². The van der Waals surface area contributed by atoms with E-state index in [0.717, 1.165) is 30.2 Å². The Labute approximate surface area is 121 Å². The minimum absolute atomic E-state index is 0. The summed E-state index contributed by atoms with van der Waals surface area (Å²) in [4.78, 5) is 0. The van der Waals surface area contributed by atoms with Crippen molar-refractivity contribution in [2.75, 3.05) is 13.1 Å². The maximum Gasteiger partial charge on any atom is 0.203 e. The van der Waals surface area contributed by atoms with E-state index in [1.807, 2.05) is 0 Å². The zero-order chi connectivity index (χ0) is 14.0. The minimum Gasteiger partial charge on any atom is -0.870 e. The molecule has 1 aliphatic heterocycles. The first-order valence-electron chi connectivity index (χ1n) is 7.08. The fourth-order valence-corrected chi connectivity index (χ4v) is 2.26. The predicted molar refractivity (Wildman–Crippen MR) is 82.3 cm³/mol. The van der Waals surface area contributed by atoms with Crippen LogP contribution in [-0.4, -0.2) is 18.6 Å². The van der Waals surface area contributed by atoms with Crippen LogP contribution in [0.1, 0.15) is 40.4 Å². The van der Waals surface area contributed by atoms with Crippen LogP contribution < -0.4 is 9.93 Å². The molecule has 0 radical (unpaired) electrons. The Morgan fingerprint density at radius 3 is 2.15 bits per heavy atom. The first-order chi connectivity index (χ1) is 8.95. The fourth-order valence-electron chi connectivity index (χ4n) is 2.26.